The number of carboxylic acids is 4. The van der Waals surface area contributed by atoms with Gasteiger partial charge in [0.15, 0.2) is 0 Å². The Balaban J connectivity index is 1.47. The molecule has 4 amide bonds. The molecule has 2 heterocycles. The molecule has 0 aliphatic carbocycles. The first-order valence-corrected chi connectivity index (χ1v) is 22.0. The zero-order valence-corrected chi connectivity index (χ0v) is 35.0. The van der Waals surface area contributed by atoms with E-state index in [0.29, 0.717) is 11.1 Å². The molecule has 2 aromatic heterocycles. The summed E-state index contributed by atoms with van der Waals surface area (Å²) in [5.74, 6) is -8.48. The number of hydrogen-bond donors (Lipinski definition) is 12. The van der Waals surface area contributed by atoms with Crippen LogP contribution in [0.15, 0.2) is 60.9 Å². The Morgan fingerprint density at radius 2 is 0.903 bits per heavy atom. The van der Waals surface area contributed by atoms with Crippen molar-refractivity contribution in [1.29, 1.82) is 0 Å². The van der Waals surface area contributed by atoms with Gasteiger partial charge in [-0.3, -0.25) is 28.8 Å². The SMILES string of the molecule is N[C@@H](CCCC(=O)NC(CSSCC(NC(=O)CCC[C@H](N)C(=O)O)C(=O)N[C@H](Cc1c[nH]c2ccccc12)C(=O)O)C(=O)N[C@H](Cc1c[nH]c2ccccc12)C(=O)O)C(=O)O. The molecule has 62 heavy (non-hydrogen) atoms. The molecule has 0 aliphatic rings. The van der Waals surface area contributed by atoms with Crippen LogP contribution in [0.1, 0.15) is 49.7 Å². The number of hydrogen-bond acceptors (Lipinski definition) is 12. The number of fused-ring (bicyclic) bond motifs is 2. The van der Waals surface area contributed by atoms with E-state index in [-0.39, 0.29) is 62.9 Å². The van der Waals surface area contributed by atoms with Crippen molar-refractivity contribution in [2.45, 2.75) is 87.6 Å². The van der Waals surface area contributed by atoms with Gasteiger partial charge >= 0.3 is 23.9 Å². The number of carboxylic acid groups (broad SMARTS) is 4. The third kappa shape index (κ3) is 14.8. The molecule has 6 atom stereocenters. The monoisotopic (exact) mass is 898 g/mol. The Kier molecular flexibility index (Phi) is 18.6. The molecule has 334 valence electrons. The summed E-state index contributed by atoms with van der Waals surface area (Å²) >= 11 is 0. The summed E-state index contributed by atoms with van der Waals surface area (Å²) in [6.45, 7) is 0. The van der Waals surface area contributed by atoms with E-state index in [2.05, 4.69) is 31.2 Å². The van der Waals surface area contributed by atoms with Crippen LogP contribution >= 0.6 is 21.6 Å². The van der Waals surface area contributed by atoms with Crippen molar-refractivity contribution in [1.82, 2.24) is 31.2 Å². The van der Waals surface area contributed by atoms with Crippen LogP contribution in [0.2, 0.25) is 0 Å². The van der Waals surface area contributed by atoms with Crippen molar-refractivity contribution in [2.75, 3.05) is 11.5 Å². The number of carbonyl (C=O) groups is 8. The topological polar surface area (TPSA) is 349 Å². The zero-order chi connectivity index (χ0) is 45.3. The number of aliphatic carboxylic acids is 4. The van der Waals surface area contributed by atoms with E-state index in [9.17, 15) is 48.6 Å². The lowest BCUT2D eigenvalue weighted by Gasteiger charge is -2.23. The zero-order valence-electron chi connectivity index (χ0n) is 33.3. The van der Waals surface area contributed by atoms with Crippen LogP contribution < -0.4 is 32.7 Å². The Morgan fingerprint density at radius 1 is 0.532 bits per heavy atom. The fourth-order valence-electron chi connectivity index (χ4n) is 6.33. The number of carbonyl (C=O) groups excluding carboxylic acids is 4. The van der Waals surface area contributed by atoms with Crippen LogP contribution in [0.5, 0.6) is 0 Å². The van der Waals surface area contributed by atoms with Gasteiger partial charge in [0.05, 0.1) is 0 Å². The lowest BCUT2D eigenvalue weighted by Crippen LogP contribution is -2.53. The number of rotatable bonds is 27. The quantitative estimate of drug-likeness (QED) is 0.0294. The average molecular weight is 899 g/mol. The van der Waals surface area contributed by atoms with Gasteiger partial charge in [0.25, 0.3) is 0 Å². The largest absolute Gasteiger partial charge is 0.480 e. The summed E-state index contributed by atoms with van der Waals surface area (Å²) in [6.07, 6.45) is 2.77. The van der Waals surface area contributed by atoms with E-state index >= 15 is 0 Å². The smallest absolute Gasteiger partial charge is 0.326 e. The molecule has 2 unspecified atom stereocenters. The highest BCUT2D eigenvalue weighted by atomic mass is 33.1. The lowest BCUT2D eigenvalue weighted by molar-refractivity contribution is -0.142. The third-order valence-electron chi connectivity index (χ3n) is 9.76. The molecular formula is C40H50N8O12S2. The van der Waals surface area contributed by atoms with Gasteiger partial charge in [0.2, 0.25) is 23.6 Å². The van der Waals surface area contributed by atoms with Gasteiger partial charge < -0.3 is 63.1 Å². The predicted octanol–water partition coefficient (Wildman–Crippen LogP) is 1.09. The maximum atomic E-state index is 13.7. The highest BCUT2D eigenvalue weighted by Gasteiger charge is 2.30. The maximum absolute atomic E-state index is 13.7. The number of amides is 4. The minimum absolute atomic E-state index is 0.0258. The van der Waals surface area contributed by atoms with E-state index in [1.807, 2.05) is 12.1 Å². The minimum Gasteiger partial charge on any atom is -0.480 e. The van der Waals surface area contributed by atoms with Crippen LogP contribution in [-0.2, 0) is 51.2 Å². The summed E-state index contributed by atoms with van der Waals surface area (Å²) in [7, 11) is 1.99. The molecule has 0 fully saturated rings. The highest BCUT2D eigenvalue weighted by molar-refractivity contribution is 8.76. The number of H-pyrrole nitrogens is 2. The fourth-order valence-corrected chi connectivity index (χ4v) is 8.66. The van der Waals surface area contributed by atoms with Crippen LogP contribution in [0.3, 0.4) is 0 Å². The van der Waals surface area contributed by atoms with Gasteiger partial charge in [-0.05, 0) is 48.9 Å². The molecule has 0 saturated carbocycles. The van der Waals surface area contributed by atoms with E-state index in [0.717, 1.165) is 43.4 Å². The highest BCUT2D eigenvalue weighted by Crippen LogP contribution is 2.25. The van der Waals surface area contributed by atoms with E-state index < -0.39 is 83.8 Å². The molecule has 0 bridgehead atoms. The first-order chi connectivity index (χ1) is 29.5. The van der Waals surface area contributed by atoms with E-state index in [1.165, 1.54) is 0 Å². The molecule has 0 saturated heterocycles. The number of aromatic nitrogens is 2. The normalized spacial score (nSPS) is 14.2. The molecule has 4 rings (SSSR count). The second kappa shape index (κ2) is 23.8. The van der Waals surface area contributed by atoms with Crippen molar-refractivity contribution >= 4 is 90.9 Å². The third-order valence-corrected chi connectivity index (χ3v) is 12.2. The van der Waals surface area contributed by atoms with Gasteiger partial charge in [-0.1, -0.05) is 58.0 Å². The minimum atomic E-state index is -1.41. The van der Waals surface area contributed by atoms with Crippen molar-refractivity contribution in [3.05, 3.63) is 72.1 Å². The first-order valence-electron chi connectivity index (χ1n) is 19.5. The van der Waals surface area contributed by atoms with Crippen molar-refractivity contribution in [3.8, 4) is 0 Å². The molecule has 20 nitrogen and oxygen atoms in total. The fraction of sp³-hybridized carbons (Fsp3) is 0.400. The number of aromatic amines is 2. The number of nitrogens with one attached hydrogen (secondary N) is 6. The molecular weight excluding hydrogens is 849 g/mol. The number of benzene rings is 2. The van der Waals surface area contributed by atoms with Crippen LogP contribution in [0, 0.1) is 0 Å². The Hall–Kier alpha value is -6.10. The molecule has 4 aromatic rings. The molecule has 22 heteroatoms. The molecule has 2 aromatic carbocycles. The van der Waals surface area contributed by atoms with E-state index in [4.69, 9.17) is 21.7 Å². The molecule has 0 spiro atoms. The maximum Gasteiger partial charge on any atom is 0.326 e. The van der Waals surface area contributed by atoms with Crippen LogP contribution in [0.4, 0.5) is 0 Å². The predicted molar refractivity (Wildman–Crippen MR) is 231 cm³/mol. The summed E-state index contributed by atoms with van der Waals surface area (Å²) in [5.41, 5.74) is 13.9. The van der Waals surface area contributed by atoms with Gasteiger partial charge in [-0.25, -0.2) is 9.59 Å². The van der Waals surface area contributed by atoms with Crippen LogP contribution in [0.25, 0.3) is 21.8 Å². The van der Waals surface area contributed by atoms with Gasteiger partial charge in [-0.15, -0.1) is 0 Å². The summed E-state index contributed by atoms with van der Waals surface area (Å²) in [6, 6.07) is 6.50. The average Bonchev–Trinajstić information content (AvgIpc) is 3.84. The van der Waals surface area contributed by atoms with Crippen molar-refractivity contribution in [2.24, 2.45) is 11.5 Å². The standard InChI is InChI=1S/C40H50N8O12S2/c41-25(37(53)54)9-5-13-33(49)45-31(35(51)47-29(39(57)58)15-21-17-43-27-11-3-1-7-23(21)27)19-61-62-20-32(46-34(50)14-6-10-26(42)38(55)56)36(52)48-30(40(59)60)16-22-18-44-28-12-4-2-8-24(22)28/h1-4,7-8,11-12,17-18,25-26,29-32,43-44H,5-6,9-10,13-16,19-20,41-42H2,(H,45,49)(H,46,50)(H,47,51)(H,48,52)(H,53,54)(H,55,56)(H,57,58)(H,59,60)/t25-,26-,29+,30+,31?,32?/m0/s1. The Labute approximate surface area is 362 Å². The second-order valence-corrected chi connectivity index (χ2v) is 17.0. The Morgan fingerprint density at radius 3 is 1.26 bits per heavy atom. The number of para-hydroxylation sites is 2. The Bertz CT molecular complexity index is 2080. The van der Waals surface area contributed by atoms with Gasteiger partial charge in [-0.2, -0.15) is 0 Å². The molecule has 0 radical (unpaired) electrons. The molecule has 0 aliphatic heterocycles. The van der Waals surface area contributed by atoms with Crippen molar-refractivity contribution in [3.63, 3.8) is 0 Å². The second-order valence-electron chi connectivity index (χ2n) is 14.4. The lowest BCUT2D eigenvalue weighted by atomic mass is 10.0. The summed E-state index contributed by atoms with van der Waals surface area (Å²) in [5, 5.41) is 49.9. The van der Waals surface area contributed by atoms with Gasteiger partial charge in [0.1, 0.15) is 36.3 Å². The van der Waals surface area contributed by atoms with E-state index in [1.54, 1.807) is 48.8 Å². The van der Waals surface area contributed by atoms with Crippen LogP contribution in [-0.4, -0.2) is 126 Å². The summed E-state index contributed by atoms with van der Waals surface area (Å²) in [4.78, 5) is 106. The van der Waals surface area contributed by atoms with Gasteiger partial charge in [0, 0.05) is 71.4 Å². The first kappa shape index (κ1) is 48.6. The summed E-state index contributed by atoms with van der Waals surface area (Å²) < 4.78 is 0. The molecule has 14 N–H and O–H groups in total. The number of nitrogens with two attached hydrogens (primary N) is 2. The van der Waals surface area contributed by atoms with Crippen molar-refractivity contribution < 1.29 is 58.8 Å².